The fourth-order valence-electron chi connectivity index (χ4n) is 2.90. The zero-order valence-corrected chi connectivity index (χ0v) is 12.0. The number of aliphatic imine (C=N–C) groups is 1. The predicted octanol–water partition coefficient (Wildman–Crippen LogP) is 3.37. The molecule has 0 amide bonds. The lowest BCUT2D eigenvalue weighted by molar-refractivity contribution is 0.766. The number of amidine groups is 1. The second kappa shape index (κ2) is 4.77. The molecule has 0 bridgehead atoms. The number of nitrogens with zero attached hydrogens (tertiary/aromatic N) is 2. The van der Waals surface area contributed by atoms with Crippen LogP contribution in [0.25, 0.3) is 16.6 Å². The minimum Gasteiger partial charge on any atom is -0.366 e. The molecule has 2 aromatic carbocycles. The fourth-order valence-corrected chi connectivity index (χ4v) is 2.90. The van der Waals surface area contributed by atoms with Crippen LogP contribution in [0, 0.1) is 0 Å². The third-order valence-electron chi connectivity index (χ3n) is 3.88. The van der Waals surface area contributed by atoms with Crippen molar-refractivity contribution in [3.8, 4) is 5.69 Å². The average molecular weight is 275 g/mol. The summed E-state index contributed by atoms with van der Waals surface area (Å²) in [4.78, 5) is 4.72. The lowest BCUT2D eigenvalue weighted by Gasteiger charge is -2.11. The minimum absolute atomic E-state index is 0.335. The summed E-state index contributed by atoms with van der Waals surface area (Å²) in [5, 5.41) is 4.66. The first kappa shape index (κ1) is 12.2. The maximum atomic E-state index is 4.72. The number of hydrogen-bond donors (Lipinski definition) is 1. The van der Waals surface area contributed by atoms with E-state index >= 15 is 0 Å². The Bertz CT molecular complexity index is 815. The van der Waals surface area contributed by atoms with Gasteiger partial charge in [-0.05, 0) is 31.2 Å². The van der Waals surface area contributed by atoms with Crippen molar-refractivity contribution in [1.29, 1.82) is 0 Å². The molecular formula is C18H17N3. The van der Waals surface area contributed by atoms with Gasteiger partial charge in [0.05, 0.1) is 17.3 Å². The monoisotopic (exact) mass is 275 g/mol. The van der Waals surface area contributed by atoms with Crippen LogP contribution in [-0.4, -0.2) is 23.0 Å². The van der Waals surface area contributed by atoms with E-state index in [0.29, 0.717) is 6.04 Å². The average Bonchev–Trinajstić information content (AvgIpc) is 3.11. The predicted molar refractivity (Wildman–Crippen MR) is 87.3 cm³/mol. The van der Waals surface area contributed by atoms with Crippen LogP contribution in [0.1, 0.15) is 12.6 Å². The van der Waals surface area contributed by atoms with E-state index in [0.717, 1.165) is 23.8 Å². The SMILES string of the molecule is CC1CNC(c2cc3ccccc3n2-c2ccccc2)=N1. The van der Waals surface area contributed by atoms with Gasteiger partial charge >= 0.3 is 0 Å². The van der Waals surface area contributed by atoms with E-state index in [-0.39, 0.29) is 0 Å². The molecule has 1 N–H and O–H groups in total. The smallest absolute Gasteiger partial charge is 0.146 e. The Kier molecular flexibility index (Phi) is 2.78. The highest BCUT2D eigenvalue weighted by Gasteiger charge is 2.19. The van der Waals surface area contributed by atoms with Gasteiger partial charge in [-0.1, -0.05) is 36.4 Å². The fraction of sp³-hybridized carbons (Fsp3) is 0.167. The Morgan fingerprint density at radius 1 is 1.05 bits per heavy atom. The lowest BCUT2D eigenvalue weighted by Crippen LogP contribution is -2.23. The largest absolute Gasteiger partial charge is 0.366 e. The zero-order chi connectivity index (χ0) is 14.2. The van der Waals surface area contributed by atoms with E-state index in [4.69, 9.17) is 4.99 Å². The highest BCUT2D eigenvalue weighted by molar-refractivity contribution is 6.04. The highest BCUT2D eigenvalue weighted by atomic mass is 15.1. The van der Waals surface area contributed by atoms with Crippen molar-refractivity contribution in [2.75, 3.05) is 6.54 Å². The van der Waals surface area contributed by atoms with Crippen LogP contribution >= 0.6 is 0 Å². The summed E-state index contributed by atoms with van der Waals surface area (Å²) in [6, 6.07) is 21.5. The summed E-state index contributed by atoms with van der Waals surface area (Å²) < 4.78 is 2.28. The van der Waals surface area contributed by atoms with Gasteiger partial charge in [0.15, 0.2) is 0 Å². The third kappa shape index (κ3) is 2.02. The van der Waals surface area contributed by atoms with Gasteiger partial charge in [-0.15, -0.1) is 0 Å². The number of rotatable bonds is 2. The molecule has 104 valence electrons. The molecule has 2 heterocycles. The number of fused-ring (bicyclic) bond motifs is 1. The Balaban J connectivity index is 2.00. The van der Waals surface area contributed by atoms with Crippen LogP contribution < -0.4 is 5.32 Å². The quantitative estimate of drug-likeness (QED) is 0.763. The molecule has 0 aliphatic carbocycles. The molecule has 4 rings (SSSR count). The first-order valence-corrected chi connectivity index (χ1v) is 7.31. The molecule has 0 saturated heterocycles. The van der Waals surface area contributed by atoms with Crippen LogP contribution in [0.5, 0.6) is 0 Å². The number of aromatic nitrogens is 1. The van der Waals surface area contributed by atoms with E-state index in [1.165, 1.54) is 10.9 Å². The summed E-state index contributed by atoms with van der Waals surface area (Å²) in [6.07, 6.45) is 0. The second-order valence-electron chi connectivity index (χ2n) is 5.47. The first-order valence-electron chi connectivity index (χ1n) is 7.31. The van der Waals surface area contributed by atoms with E-state index < -0.39 is 0 Å². The summed E-state index contributed by atoms with van der Waals surface area (Å²) in [6.45, 7) is 3.04. The van der Waals surface area contributed by atoms with Gasteiger partial charge in [-0.2, -0.15) is 0 Å². The van der Waals surface area contributed by atoms with Crippen molar-refractivity contribution in [1.82, 2.24) is 9.88 Å². The summed E-state index contributed by atoms with van der Waals surface area (Å²) in [5.74, 6) is 0.988. The lowest BCUT2D eigenvalue weighted by atomic mass is 10.2. The van der Waals surface area contributed by atoms with Gasteiger partial charge in [0, 0.05) is 17.6 Å². The first-order chi connectivity index (χ1) is 10.3. The molecule has 0 spiro atoms. The van der Waals surface area contributed by atoms with E-state index in [1.54, 1.807) is 0 Å². The molecule has 1 unspecified atom stereocenters. The van der Waals surface area contributed by atoms with Gasteiger partial charge in [0.2, 0.25) is 0 Å². The van der Waals surface area contributed by atoms with Gasteiger partial charge in [0.25, 0.3) is 0 Å². The van der Waals surface area contributed by atoms with Crippen LogP contribution in [0.3, 0.4) is 0 Å². The Morgan fingerprint density at radius 2 is 1.81 bits per heavy atom. The molecule has 1 aliphatic rings. The highest BCUT2D eigenvalue weighted by Crippen LogP contribution is 2.25. The third-order valence-corrected chi connectivity index (χ3v) is 3.88. The number of benzene rings is 2. The molecule has 0 saturated carbocycles. The van der Waals surface area contributed by atoms with Gasteiger partial charge in [-0.25, -0.2) is 0 Å². The van der Waals surface area contributed by atoms with Crippen LogP contribution in [0.15, 0.2) is 65.7 Å². The van der Waals surface area contributed by atoms with Crippen molar-refractivity contribution in [2.24, 2.45) is 4.99 Å². The number of nitrogens with one attached hydrogen (secondary N) is 1. The van der Waals surface area contributed by atoms with Crippen molar-refractivity contribution in [3.05, 3.63) is 66.4 Å². The Morgan fingerprint density at radius 3 is 2.57 bits per heavy atom. The van der Waals surface area contributed by atoms with Gasteiger partial charge < -0.3 is 9.88 Å². The van der Waals surface area contributed by atoms with Gasteiger partial charge in [0.1, 0.15) is 5.84 Å². The molecule has 1 aliphatic heterocycles. The molecule has 1 atom stereocenters. The zero-order valence-electron chi connectivity index (χ0n) is 12.0. The van der Waals surface area contributed by atoms with Crippen LogP contribution in [0.2, 0.25) is 0 Å². The molecule has 3 heteroatoms. The Labute approximate surface area is 123 Å². The van der Waals surface area contributed by atoms with Crippen molar-refractivity contribution >= 4 is 16.7 Å². The summed E-state index contributed by atoms with van der Waals surface area (Å²) >= 11 is 0. The summed E-state index contributed by atoms with van der Waals surface area (Å²) in [5.41, 5.74) is 3.51. The van der Waals surface area contributed by atoms with Crippen LogP contribution in [-0.2, 0) is 0 Å². The van der Waals surface area contributed by atoms with E-state index in [9.17, 15) is 0 Å². The summed E-state index contributed by atoms with van der Waals surface area (Å²) in [7, 11) is 0. The topological polar surface area (TPSA) is 29.3 Å². The maximum Gasteiger partial charge on any atom is 0.146 e. The normalized spacial score (nSPS) is 17.8. The van der Waals surface area contributed by atoms with Crippen molar-refractivity contribution in [3.63, 3.8) is 0 Å². The molecular weight excluding hydrogens is 258 g/mol. The molecule has 1 aromatic heterocycles. The van der Waals surface area contributed by atoms with Gasteiger partial charge in [-0.3, -0.25) is 4.99 Å². The standard InChI is InChI=1S/C18H17N3/c1-13-12-19-18(20-13)17-11-14-7-5-6-10-16(14)21(17)15-8-3-2-4-9-15/h2-11,13H,12H2,1H3,(H,19,20). The minimum atomic E-state index is 0.335. The molecule has 0 fully saturated rings. The molecule has 3 aromatic rings. The Hall–Kier alpha value is -2.55. The van der Waals surface area contributed by atoms with Crippen molar-refractivity contribution < 1.29 is 0 Å². The number of para-hydroxylation sites is 2. The van der Waals surface area contributed by atoms with Crippen LogP contribution in [0.4, 0.5) is 0 Å². The molecule has 3 nitrogen and oxygen atoms in total. The second-order valence-corrected chi connectivity index (χ2v) is 5.47. The molecule has 21 heavy (non-hydrogen) atoms. The van der Waals surface area contributed by atoms with Crippen molar-refractivity contribution in [2.45, 2.75) is 13.0 Å². The maximum absolute atomic E-state index is 4.72. The molecule has 0 radical (unpaired) electrons. The number of hydrogen-bond acceptors (Lipinski definition) is 2. The van der Waals surface area contributed by atoms with E-state index in [1.807, 2.05) is 6.07 Å². The van der Waals surface area contributed by atoms with E-state index in [2.05, 4.69) is 71.4 Å².